The molecule has 0 aromatic heterocycles. The molecule has 1 atom stereocenters. The van der Waals surface area contributed by atoms with Crippen LogP contribution in [-0.4, -0.2) is 29.8 Å². The monoisotopic (exact) mass is 323 g/mol. The number of nitrogens with two attached hydrogens (primary N) is 1. The van der Waals surface area contributed by atoms with Crippen LogP contribution in [0.3, 0.4) is 0 Å². The molecule has 5 nitrogen and oxygen atoms in total. The average Bonchev–Trinajstić information content (AvgIpc) is 3.05. The number of benzene rings is 2. The van der Waals surface area contributed by atoms with Gasteiger partial charge in [-0.1, -0.05) is 42.5 Å². The molecule has 1 aliphatic heterocycles. The second-order valence-electron chi connectivity index (χ2n) is 6.11. The molecule has 1 saturated heterocycles. The van der Waals surface area contributed by atoms with E-state index in [1.165, 1.54) is 5.56 Å². The molecule has 0 aliphatic carbocycles. The van der Waals surface area contributed by atoms with E-state index in [-0.39, 0.29) is 11.8 Å². The van der Waals surface area contributed by atoms with Gasteiger partial charge in [0.1, 0.15) is 0 Å². The van der Waals surface area contributed by atoms with Crippen molar-refractivity contribution in [2.75, 3.05) is 18.4 Å². The zero-order valence-corrected chi connectivity index (χ0v) is 13.4. The van der Waals surface area contributed by atoms with Crippen molar-refractivity contribution in [3.05, 3.63) is 65.7 Å². The van der Waals surface area contributed by atoms with Crippen LogP contribution < -0.4 is 11.1 Å². The Balaban J connectivity index is 1.60. The first kappa shape index (κ1) is 16.2. The summed E-state index contributed by atoms with van der Waals surface area (Å²) in [5, 5.41) is 2.85. The first-order valence-electron chi connectivity index (χ1n) is 8.09. The minimum absolute atomic E-state index is 0.0562. The summed E-state index contributed by atoms with van der Waals surface area (Å²) in [5.74, 6) is -0.670. The van der Waals surface area contributed by atoms with Gasteiger partial charge in [-0.15, -0.1) is 0 Å². The standard InChI is InChI=1S/C19H21N3O2/c20-18(23)16-8-4-5-9-17(16)21-19(24)15-10-11-22(13-15)12-14-6-2-1-3-7-14/h1-9,15H,10-13H2,(H2,20,23)(H,21,24). The van der Waals surface area contributed by atoms with Gasteiger partial charge in [0.05, 0.1) is 17.2 Å². The Morgan fingerprint density at radius 3 is 2.54 bits per heavy atom. The molecular formula is C19H21N3O2. The van der Waals surface area contributed by atoms with Crippen molar-refractivity contribution >= 4 is 17.5 Å². The number of rotatable bonds is 5. The summed E-state index contributed by atoms with van der Waals surface area (Å²) >= 11 is 0. The normalized spacial score (nSPS) is 17.6. The summed E-state index contributed by atoms with van der Waals surface area (Å²) < 4.78 is 0. The van der Waals surface area contributed by atoms with E-state index in [0.717, 1.165) is 26.1 Å². The Labute approximate surface area is 141 Å². The van der Waals surface area contributed by atoms with Crippen LogP contribution in [0.5, 0.6) is 0 Å². The van der Waals surface area contributed by atoms with Gasteiger partial charge in [-0.05, 0) is 30.7 Å². The molecule has 1 aliphatic rings. The van der Waals surface area contributed by atoms with Gasteiger partial charge < -0.3 is 11.1 Å². The van der Waals surface area contributed by atoms with Crippen LogP contribution in [0.2, 0.25) is 0 Å². The van der Waals surface area contributed by atoms with E-state index in [9.17, 15) is 9.59 Å². The highest BCUT2D eigenvalue weighted by Crippen LogP contribution is 2.22. The molecule has 5 heteroatoms. The summed E-state index contributed by atoms with van der Waals surface area (Å²) in [4.78, 5) is 26.2. The largest absolute Gasteiger partial charge is 0.366 e. The third kappa shape index (κ3) is 3.81. The molecule has 1 unspecified atom stereocenters. The average molecular weight is 323 g/mol. The van der Waals surface area contributed by atoms with E-state index in [4.69, 9.17) is 5.73 Å². The number of carbonyl (C=O) groups excluding carboxylic acids is 2. The molecule has 0 radical (unpaired) electrons. The quantitative estimate of drug-likeness (QED) is 0.886. The Hall–Kier alpha value is -2.66. The van der Waals surface area contributed by atoms with Gasteiger partial charge in [-0.25, -0.2) is 0 Å². The predicted molar refractivity (Wildman–Crippen MR) is 93.4 cm³/mol. The zero-order valence-electron chi connectivity index (χ0n) is 13.4. The van der Waals surface area contributed by atoms with Crippen LogP contribution in [0.15, 0.2) is 54.6 Å². The van der Waals surface area contributed by atoms with Gasteiger partial charge in [-0.3, -0.25) is 14.5 Å². The lowest BCUT2D eigenvalue weighted by molar-refractivity contribution is -0.119. The highest BCUT2D eigenvalue weighted by molar-refractivity contribution is 6.03. The van der Waals surface area contributed by atoms with E-state index in [0.29, 0.717) is 11.3 Å². The highest BCUT2D eigenvalue weighted by Gasteiger charge is 2.28. The van der Waals surface area contributed by atoms with Crippen molar-refractivity contribution in [3.63, 3.8) is 0 Å². The topological polar surface area (TPSA) is 75.4 Å². The summed E-state index contributed by atoms with van der Waals surface area (Å²) in [7, 11) is 0. The molecule has 1 heterocycles. The van der Waals surface area contributed by atoms with Crippen molar-refractivity contribution < 1.29 is 9.59 Å². The first-order valence-corrected chi connectivity index (χ1v) is 8.09. The third-order valence-electron chi connectivity index (χ3n) is 4.34. The smallest absolute Gasteiger partial charge is 0.250 e. The van der Waals surface area contributed by atoms with Crippen LogP contribution in [0.25, 0.3) is 0 Å². The van der Waals surface area contributed by atoms with Crippen LogP contribution >= 0.6 is 0 Å². The SMILES string of the molecule is NC(=O)c1ccccc1NC(=O)C1CCN(Cc2ccccc2)C1. The fraction of sp³-hybridized carbons (Fsp3) is 0.263. The van der Waals surface area contributed by atoms with Crippen LogP contribution in [0.4, 0.5) is 5.69 Å². The van der Waals surface area contributed by atoms with Crippen molar-refractivity contribution in [2.45, 2.75) is 13.0 Å². The Morgan fingerprint density at radius 2 is 1.79 bits per heavy atom. The van der Waals surface area contributed by atoms with E-state index in [2.05, 4.69) is 22.3 Å². The van der Waals surface area contributed by atoms with Gasteiger partial charge in [-0.2, -0.15) is 0 Å². The van der Waals surface area contributed by atoms with Gasteiger partial charge in [0, 0.05) is 13.1 Å². The van der Waals surface area contributed by atoms with Crippen LogP contribution in [-0.2, 0) is 11.3 Å². The van der Waals surface area contributed by atoms with Crippen molar-refractivity contribution in [3.8, 4) is 0 Å². The molecule has 2 aromatic carbocycles. The maximum atomic E-state index is 12.5. The third-order valence-corrected chi connectivity index (χ3v) is 4.34. The van der Waals surface area contributed by atoms with Gasteiger partial charge in [0.15, 0.2) is 0 Å². The molecular weight excluding hydrogens is 302 g/mol. The molecule has 0 spiro atoms. The summed E-state index contributed by atoms with van der Waals surface area (Å²) in [6.45, 7) is 2.46. The van der Waals surface area contributed by atoms with Crippen LogP contribution in [0.1, 0.15) is 22.3 Å². The maximum absolute atomic E-state index is 12.5. The Bertz CT molecular complexity index is 730. The number of hydrogen-bond donors (Lipinski definition) is 2. The highest BCUT2D eigenvalue weighted by atomic mass is 16.2. The minimum atomic E-state index is -0.539. The lowest BCUT2D eigenvalue weighted by Crippen LogP contribution is -2.28. The van der Waals surface area contributed by atoms with Gasteiger partial charge >= 0.3 is 0 Å². The Morgan fingerprint density at radius 1 is 1.08 bits per heavy atom. The first-order chi connectivity index (χ1) is 11.6. The predicted octanol–water partition coefficient (Wildman–Crippen LogP) is 2.25. The summed E-state index contributed by atoms with van der Waals surface area (Å²) in [6, 6.07) is 17.1. The molecule has 0 saturated carbocycles. The number of carbonyl (C=O) groups is 2. The zero-order chi connectivity index (χ0) is 16.9. The summed E-state index contributed by atoms with van der Waals surface area (Å²) in [5.41, 5.74) is 7.42. The van der Waals surface area contributed by atoms with Crippen molar-refractivity contribution in [1.82, 2.24) is 4.90 Å². The molecule has 1 fully saturated rings. The van der Waals surface area contributed by atoms with Gasteiger partial charge in [0.2, 0.25) is 5.91 Å². The lowest BCUT2D eigenvalue weighted by atomic mass is 10.1. The number of anilines is 1. The van der Waals surface area contributed by atoms with E-state index in [1.54, 1.807) is 24.3 Å². The van der Waals surface area contributed by atoms with Crippen molar-refractivity contribution in [1.29, 1.82) is 0 Å². The van der Waals surface area contributed by atoms with Gasteiger partial charge in [0.25, 0.3) is 5.91 Å². The Kier molecular flexibility index (Phi) is 4.91. The second kappa shape index (κ2) is 7.27. The fourth-order valence-electron chi connectivity index (χ4n) is 3.07. The van der Waals surface area contributed by atoms with E-state index in [1.807, 2.05) is 18.2 Å². The number of hydrogen-bond acceptors (Lipinski definition) is 3. The molecule has 2 aromatic rings. The molecule has 24 heavy (non-hydrogen) atoms. The number of para-hydroxylation sites is 1. The molecule has 0 bridgehead atoms. The minimum Gasteiger partial charge on any atom is -0.366 e. The van der Waals surface area contributed by atoms with E-state index >= 15 is 0 Å². The second-order valence-corrected chi connectivity index (χ2v) is 6.11. The maximum Gasteiger partial charge on any atom is 0.250 e. The number of nitrogens with zero attached hydrogens (tertiary/aromatic N) is 1. The number of nitrogens with one attached hydrogen (secondary N) is 1. The molecule has 2 amide bonds. The van der Waals surface area contributed by atoms with Crippen molar-refractivity contribution in [2.24, 2.45) is 11.7 Å². The summed E-state index contributed by atoms with van der Waals surface area (Å²) in [6.07, 6.45) is 0.817. The number of likely N-dealkylation sites (tertiary alicyclic amines) is 1. The molecule has 124 valence electrons. The number of primary amides is 1. The fourth-order valence-corrected chi connectivity index (χ4v) is 3.07. The van der Waals surface area contributed by atoms with Crippen LogP contribution in [0, 0.1) is 5.92 Å². The number of amides is 2. The van der Waals surface area contributed by atoms with E-state index < -0.39 is 5.91 Å². The molecule has 3 N–H and O–H groups in total. The molecule has 3 rings (SSSR count). The lowest BCUT2D eigenvalue weighted by Gasteiger charge is -2.16.